The molecule has 0 fully saturated rings. The van der Waals surface area contributed by atoms with Gasteiger partial charge in [-0.1, -0.05) is 0 Å². The summed E-state index contributed by atoms with van der Waals surface area (Å²) >= 11 is 0. The van der Waals surface area contributed by atoms with Gasteiger partial charge in [-0.05, 0) is 13.8 Å². The van der Waals surface area contributed by atoms with E-state index in [4.69, 9.17) is 5.84 Å². The van der Waals surface area contributed by atoms with E-state index in [2.05, 4.69) is 0 Å². The van der Waals surface area contributed by atoms with Gasteiger partial charge in [0.15, 0.2) is 0 Å². The second kappa shape index (κ2) is 3.16. The summed E-state index contributed by atoms with van der Waals surface area (Å²) in [6.07, 6.45) is 0. The topological polar surface area (TPSA) is 105 Å². The molecule has 0 aromatic rings. The molecule has 1 aliphatic heterocycles. The molecule has 15 heavy (non-hydrogen) atoms. The Hall–Kier alpha value is -1.18. The Kier molecular flexibility index (Phi) is 2.50. The maximum atomic E-state index is 11.8. The van der Waals surface area contributed by atoms with Gasteiger partial charge in [0.05, 0.1) is 0 Å². The molecule has 1 amide bonds. The summed E-state index contributed by atoms with van der Waals surface area (Å²) in [5.41, 5.74) is -0.481. The maximum absolute atomic E-state index is 11.8. The molecule has 0 bridgehead atoms. The molecule has 0 saturated carbocycles. The summed E-state index contributed by atoms with van der Waals surface area (Å²) in [7, 11) is 0. The lowest BCUT2D eigenvalue weighted by Crippen LogP contribution is -2.54. The molecule has 0 aromatic heterocycles. The van der Waals surface area contributed by atoms with Gasteiger partial charge in [0, 0.05) is 13.8 Å². The molecule has 0 unspecified atom stereocenters. The van der Waals surface area contributed by atoms with E-state index in [1.165, 1.54) is 13.8 Å². The number of nitrogens with zero attached hydrogens (tertiary/aromatic N) is 2. The first-order valence-electron chi connectivity index (χ1n) is 4.52. The fourth-order valence-corrected chi connectivity index (χ4v) is 1.83. The zero-order valence-electron chi connectivity index (χ0n) is 9.24. The molecule has 7 heteroatoms. The number of hydrazine groups is 1. The molecule has 1 rings (SSSR count). The zero-order valence-corrected chi connectivity index (χ0v) is 9.24. The van der Waals surface area contributed by atoms with Crippen LogP contribution in [0.1, 0.15) is 27.7 Å². The van der Waals surface area contributed by atoms with Crippen LogP contribution < -0.4 is 11.3 Å². The number of carbonyl (C=O) groups excluding carboxylic acids is 1. The van der Waals surface area contributed by atoms with Gasteiger partial charge >= 0.3 is 5.91 Å². The van der Waals surface area contributed by atoms with E-state index >= 15 is 0 Å². The Morgan fingerprint density at radius 1 is 1.53 bits per heavy atom. The first-order valence-corrected chi connectivity index (χ1v) is 4.52. The number of hydrogen-bond donors (Lipinski definition) is 3. The summed E-state index contributed by atoms with van der Waals surface area (Å²) < 4.78 is 0.467. The van der Waals surface area contributed by atoms with Crippen molar-refractivity contribution in [3.8, 4) is 0 Å². The fourth-order valence-electron chi connectivity index (χ4n) is 1.83. The van der Waals surface area contributed by atoms with Crippen LogP contribution in [0.3, 0.4) is 0 Å². The average Bonchev–Trinajstić information content (AvgIpc) is 2.25. The van der Waals surface area contributed by atoms with Crippen molar-refractivity contribution in [1.29, 1.82) is 0 Å². The molecule has 0 radical (unpaired) electrons. The molecule has 1 heterocycles. The van der Waals surface area contributed by atoms with Crippen LogP contribution in [0.25, 0.3) is 0 Å². The third kappa shape index (κ3) is 1.39. The van der Waals surface area contributed by atoms with Crippen LogP contribution in [0, 0.1) is 5.21 Å². The molecular formula is C8H16N4O3. The van der Waals surface area contributed by atoms with Gasteiger partial charge in [-0.3, -0.25) is 10.2 Å². The first-order chi connectivity index (χ1) is 6.67. The number of hydrogen-bond acceptors (Lipinski definition) is 5. The highest BCUT2D eigenvalue weighted by atomic mass is 16.6. The summed E-state index contributed by atoms with van der Waals surface area (Å²) in [5.74, 6) is 4.29. The Morgan fingerprint density at radius 3 is 2.27 bits per heavy atom. The van der Waals surface area contributed by atoms with Crippen molar-refractivity contribution in [1.82, 2.24) is 10.5 Å². The first kappa shape index (κ1) is 11.9. The van der Waals surface area contributed by atoms with Crippen LogP contribution in [0.2, 0.25) is 0 Å². The van der Waals surface area contributed by atoms with Crippen molar-refractivity contribution >= 4 is 11.6 Å². The molecular weight excluding hydrogens is 200 g/mol. The highest BCUT2D eigenvalue weighted by Crippen LogP contribution is 2.31. The van der Waals surface area contributed by atoms with E-state index in [-0.39, 0.29) is 5.71 Å². The minimum Gasteiger partial charge on any atom is -0.622 e. The summed E-state index contributed by atoms with van der Waals surface area (Å²) in [6, 6.07) is 0. The largest absolute Gasteiger partial charge is 0.622 e. The zero-order chi connectivity index (χ0) is 12.0. The number of hydroxylamine groups is 3. The van der Waals surface area contributed by atoms with Gasteiger partial charge in [-0.2, -0.15) is 4.74 Å². The predicted octanol–water partition coefficient (Wildman–Crippen LogP) is -0.853. The van der Waals surface area contributed by atoms with E-state index in [9.17, 15) is 15.2 Å². The predicted molar refractivity (Wildman–Crippen MR) is 52.7 cm³/mol. The molecule has 86 valence electrons. The number of nitrogens with one attached hydrogen (secondary N) is 1. The third-order valence-electron chi connectivity index (χ3n) is 2.67. The van der Waals surface area contributed by atoms with Gasteiger partial charge in [0.1, 0.15) is 5.54 Å². The highest BCUT2D eigenvalue weighted by molar-refractivity contribution is 6.40. The number of amides is 1. The number of nitrogens with two attached hydrogens (primary N) is 1. The van der Waals surface area contributed by atoms with Crippen molar-refractivity contribution in [2.24, 2.45) is 5.84 Å². The molecule has 7 nitrogen and oxygen atoms in total. The van der Waals surface area contributed by atoms with E-state index in [1.54, 1.807) is 13.8 Å². The molecule has 0 atom stereocenters. The van der Waals surface area contributed by atoms with Gasteiger partial charge in [-0.25, -0.2) is 5.84 Å². The highest BCUT2D eigenvalue weighted by Gasteiger charge is 2.59. The molecule has 1 aliphatic rings. The lowest BCUT2D eigenvalue weighted by Gasteiger charge is -2.29. The maximum Gasteiger partial charge on any atom is 0.328 e. The fraction of sp³-hybridized carbons (Fsp3) is 0.750. The summed E-state index contributed by atoms with van der Waals surface area (Å²) in [6.45, 7) is 6.16. The molecule has 4 N–H and O–H groups in total. The van der Waals surface area contributed by atoms with Gasteiger partial charge in [-0.15, -0.1) is 5.06 Å². The Balaban J connectivity index is 3.33. The van der Waals surface area contributed by atoms with E-state index in [0.29, 0.717) is 4.74 Å². The van der Waals surface area contributed by atoms with Crippen LogP contribution in [-0.4, -0.2) is 37.8 Å². The van der Waals surface area contributed by atoms with Gasteiger partial charge in [0.2, 0.25) is 5.66 Å². The van der Waals surface area contributed by atoms with E-state index in [1.807, 2.05) is 5.43 Å². The summed E-state index contributed by atoms with van der Waals surface area (Å²) in [4.78, 5) is 11.4. The van der Waals surface area contributed by atoms with Gasteiger partial charge < -0.3 is 10.4 Å². The summed E-state index contributed by atoms with van der Waals surface area (Å²) in [5, 5.41) is 22.5. The Labute approximate surface area is 87.7 Å². The quantitative estimate of drug-likeness (QED) is 0.174. The molecule has 0 aromatic carbocycles. The lowest BCUT2D eigenvalue weighted by atomic mass is 9.98. The third-order valence-corrected chi connectivity index (χ3v) is 2.67. The molecule has 0 aliphatic carbocycles. The minimum absolute atomic E-state index is 0.113. The van der Waals surface area contributed by atoms with Crippen molar-refractivity contribution < 1.29 is 14.7 Å². The van der Waals surface area contributed by atoms with Crippen molar-refractivity contribution in [3.63, 3.8) is 0 Å². The van der Waals surface area contributed by atoms with Crippen LogP contribution in [-0.2, 0) is 4.79 Å². The minimum atomic E-state index is -1.19. The molecule has 0 saturated heterocycles. The SMILES string of the molecule is CC1(C)C(C(=O)NN)=[N+]([O-])C(C)(C)N1O. The van der Waals surface area contributed by atoms with Crippen LogP contribution in [0.15, 0.2) is 0 Å². The standard InChI is InChI=1S/C8H16N4O3/c1-7(2)5(6(13)10-9)11(14)8(3,4)12(7)15/h15H,9H2,1-4H3,(H,10,13). The normalized spacial score (nSPS) is 24.4. The lowest BCUT2D eigenvalue weighted by molar-refractivity contribution is -0.580. The Bertz CT molecular complexity index is 335. The number of rotatable bonds is 1. The van der Waals surface area contributed by atoms with Crippen LogP contribution in [0.4, 0.5) is 0 Å². The van der Waals surface area contributed by atoms with Crippen LogP contribution in [0.5, 0.6) is 0 Å². The van der Waals surface area contributed by atoms with Crippen molar-refractivity contribution in [2.75, 3.05) is 0 Å². The monoisotopic (exact) mass is 216 g/mol. The van der Waals surface area contributed by atoms with E-state index in [0.717, 1.165) is 5.06 Å². The second-order valence-corrected chi connectivity index (χ2v) is 4.48. The second-order valence-electron chi connectivity index (χ2n) is 4.48. The van der Waals surface area contributed by atoms with Crippen molar-refractivity contribution in [3.05, 3.63) is 5.21 Å². The average molecular weight is 216 g/mol. The van der Waals surface area contributed by atoms with Crippen molar-refractivity contribution in [2.45, 2.75) is 38.9 Å². The van der Waals surface area contributed by atoms with E-state index < -0.39 is 17.1 Å². The smallest absolute Gasteiger partial charge is 0.328 e. The Morgan fingerprint density at radius 2 is 2.00 bits per heavy atom. The molecule has 0 spiro atoms. The number of carbonyl (C=O) groups is 1. The van der Waals surface area contributed by atoms with Crippen LogP contribution >= 0.6 is 0 Å². The van der Waals surface area contributed by atoms with Gasteiger partial charge in [0.25, 0.3) is 5.71 Å².